The minimum Gasteiger partial charge on any atom is -0.497 e. The fraction of sp³-hybridized carbons (Fsp3) is 0.158. The van der Waals surface area contributed by atoms with Crippen LogP contribution in [0.5, 0.6) is 5.75 Å². The molecule has 1 heterocycles. The Balaban J connectivity index is 1.52. The highest BCUT2D eigenvalue weighted by molar-refractivity contribution is 8.01. The van der Waals surface area contributed by atoms with Crippen molar-refractivity contribution in [2.75, 3.05) is 28.8 Å². The lowest BCUT2D eigenvalue weighted by molar-refractivity contribution is -0.114. The van der Waals surface area contributed by atoms with Crippen molar-refractivity contribution in [2.24, 2.45) is 0 Å². The minimum atomic E-state index is -0.143. The van der Waals surface area contributed by atoms with Crippen LogP contribution in [0.15, 0.2) is 52.9 Å². The van der Waals surface area contributed by atoms with Crippen LogP contribution in [0, 0.1) is 0 Å². The predicted molar refractivity (Wildman–Crippen MR) is 116 cm³/mol. The molecule has 0 atom stereocenters. The number of carbonyl (C=O) groups is 2. The number of hydrogen-bond donors (Lipinski definition) is 3. The summed E-state index contributed by atoms with van der Waals surface area (Å²) in [5.74, 6) is 0.613. The van der Waals surface area contributed by atoms with Crippen LogP contribution >= 0.6 is 23.1 Å². The van der Waals surface area contributed by atoms with E-state index in [-0.39, 0.29) is 17.6 Å². The molecule has 2 amide bonds. The average molecular weight is 430 g/mol. The van der Waals surface area contributed by atoms with Gasteiger partial charge in [0.1, 0.15) is 5.75 Å². The van der Waals surface area contributed by atoms with E-state index < -0.39 is 0 Å². The smallest absolute Gasteiger partial charge is 0.234 e. The molecule has 3 rings (SSSR count). The number of anilines is 4. The third-order valence-electron chi connectivity index (χ3n) is 3.52. The minimum absolute atomic E-state index is 0.135. The highest BCUT2D eigenvalue weighted by Crippen LogP contribution is 2.28. The van der Waals surface area contributed by atoms with Crippen LogP contribution in [0.25, 0.3) is 0 Å². The first-order valence-electron chi connectivity index (χ1n) is 8.57. The van der Waals surface area contributed by atoms with Crippen LogP contribution in [0.3, 0.4) is 0 Å². The van der Waals surface area contributed by atoms with Crippen LogP contribution in [0.4, 0.5) is 22.2 Å². The molecular formula is C19H19N5O3S2. The Morgan fingerprint density at radius 3 is 2.52 bits per heavy atom. The number of methoxy groups -OCH3 is 1. The number of ether oxygens (including phenoxy) is 1. The van der Waals surface area contributed by atoms with E-state index in [4.69, 9.17) is 4.74 Å². The van der Waals surface area contributed by atoms with Gasteiger partial charge in [-0.15, -0.1) is 10.2 Å². The van der Waals surface area contributed by atoms with Crippen LogP contribution in [0.1, 0.15) is 6.92 Å². The topological polar surface area (TPSA) is 105 Å². The van der Waals surface area contributed by atoms with Crippen molar-refractivity contribution in [2.45, 2.75) is 11.3 Å². The van der Waals surface area contributed by atoms with E-state index >= 15 is 0 Å². The van der Waals surface area contributed by atoms with Crippen molar-refractivity contribution in [3.63, 3.8) is 0 Å². The molecule has 0 fully saturated rings. The molecule has 150 valence electrons. The van der Waals surface area contributed by atoms with Crippen LogP contribution < -0.4 is 20.7 Å². The third-order valence-corrected chi connectivity index (χ3v) is 5.49. The highest BCUT2D eigenvalue weighted by Gasteiger charge is 2.09. The van der Waals surface area contributed by atoms with Crippen molar-refractivity contribution < 1.29 is 14.3 Å². The molecule has 1 aromatic heterocycles. The van der Waals surface area contributed by atoms with Gasteiger partial charge in [-0.2, -0.15) is 0 Å². The number of amides is 2. The molecule has 8 nitrogen and oxygen atoms in total. The third kappa shape index (κ3) is 6.47. The summed E-state index contributed by atoms with van der Waals surface area (Å²) in [4.78, 5) is 23.3. The molecule has 0 saturated heterocycles. The van der Waals surface area contributed by atoms with Gasteiger partial charge in [-0.1, -0.05) is 35.2 Å². The monoisotopic (exact) mass is 429 g/mol. The molecule has 3 aromatic rings. The first kappa shape index (κ1) is 20.6. The second-order valence-electron chi connectivity index (χ2n) is 5.83. The Kier molecular flexibility index (Phi) is 7.04. The standard InChI is InChI=1S/C19H19N5O3S2/c1-12(25)20-13-5-3-6-14(9-13)22-18-23-24-19(29-18)28-11-17(26)21-15-7-4-8-16(10-15)27-2/h3-10H,11H2,1-2H3,(H,20,25)(H,21,26)(H,22,23). The zero-order valence-electron chi connectivity index (χ0n) is 15.8. The van der Waals surface area contributed by atoms with Gasteiger partial charge >= 0.3 is 0 Å². The van der Waals surface area contributed by atoms with Gasteiger partial charge in [0.25, 0.3) is 0 Å². The van der Waals surface area contributed by atoms with Crippen LogP contribution in [-0.4, -0.2) is 34.9 Å². The predicted octanol–water partition coefficient (Wildman–Crippen LogP) is 3.98. The van der Waals surface area contributed by atoms with Crippen molar-refractivity contribution in [1.82, 2.24) is 10.2 Å². The van der Waals surface area contributed by atoms with Gasteiger partial charge in [0.15, 0.2) is 4.34 Å². The molecule has 29 heavy (non-hydrogen) atoms. The maximum Gasteiger partial charge on any atom is 0.234 e. The van der Waals surface area contributed by atoms with Crippen molar-refractivity contribution in [1.29, 1.82) is 0 Å². The SMILES string of the molecule is COc1cccc(NC(=O)CSc2nnc(Nc3cccc(NC(C)=O)c3)s2)c1. The fourth-order valence-corrected chi connectivity index (χ4v) is 3.92. The fourth-order valence-electron chi connectivity index (χ4n) is 2.35. The van der Waals surface area contributed by atoms with E-state index in [1.165, 1.54) is 30.0 Å². The Morgan fingerprint density at radius 1 is 1.03 bits per heavy atom. The second kappa shape index (κ2) is 9.89. The number of benzene rings is 2. The first-order chi connectivity index (χ1) is 14.0. The second-order valence-corrected chi connectivity index (χ2v) is 8.03. The Hall–Kier alpha value is -3.11. The Labute approximate surface area is 176 Å². The molecule has 0 unspecified atom stereocenters. The van der Waals surface area contributed by atoms with E-state index in [9.17, 15) is 9.59 Å². The zero-order valence-corrected chi connectivity index (χ0v) is 17.4. The maximum atomic E-state index is 12.1. The quantitative estimate of drug-likeness (QED) is 0.465. The lowest BCUT2D eigenvalue weighted by Crippen LogP contribution is -2.13. The number of aromatic nitrogens is 2. The first-order valence-corrected chi connectivity index (χ1v) is 10.4. The van der Waals surface area contributed by atoms with Gasteiger partial charge in [-0.3, -0.25) is 9.59 Å². The van der Waals surface area contributed by atoms with Crippen LogP contribution in [-0.2, 0) is 9.59 Å². The van der Waals surface area contributed by atoms with Gasteiger partial charge in [0.05, 0.1) is 12.9 Å². The van der Waals surface area contributed by atoms with Crippen molar-refractivity contribution in [3.8, 4) is 5.75 Å². The van der Waals surface area contributed by atoms with E-state index in [0.29, 0.717) is 26.6 Å². The number of thioether (sulfide) groups is 1. The van der Waals surface area contributed by atoms with Gasteiger partial charge in [0, 0.05) is 30.1 Å². The van der Waals surface area contributed by atoms with Crippen molar-refractivity contribution in [3.05, 3.63) is 48.5 Å². The van der Waals surface area contributed by atoms with Gasteiger partial charge in [0.2, 0.25) is 16.9 Å². The molecule has 0 aliphatic rings. The largest absolute Gasteiger partial charge is 0.497 e. The molecule has 0 spiro atoms. The number of rotatable bonds is 8. The molecule has 0 bridgehead atoms. The normalized spacial score (nSPS) is 10.3. The summed E-state index contributed by atoms with van der Waals surface area (Å²) in [5, 5.41) is 17.5. The molecule has 3 N–H and O–H groups in total. The average Bonchev–Trinajstić information content (AvgIpc) is 3.13. The summed E-state index contributed by atoms with van der Waals surface area (Å²) < 4.78 is 5.82. The van der Waals surface area contributed by atoms with Crippen molar-refractivity contribution >= 4 is 57.1 Å². The lowest BCUT2D eigenvalue weighted by atomic mass is 10.3. The lowest BCUT2D eigenvalue weighted by Gasteiger charge is -2.06. The summed E-state index contributed by atoms with van der Waals surface area (Å²) in [6.45, 7) is 1.46. The number of hydrogen-bond acceptors (Lipinski definition) is 8. The van der Waals surface area contributed by atoms with Gasteiger partial charge in [-0.05, 0) is 30.3 Å². The number of nitrogens with one attached hydrogen (secondary N) is 3. The zero-order chi connectivity index (χ0) is 20.6. The summed E-state index contributed by atoms with van der Waals surface area (Å²) in [5.41, 5.74) is 2.14. The summed E-state index contributed by atoms with van der Waals surface area (Å²) in [6.07, 6.45) is 0. The summed E-state index contributed by atoms with van der Waals surface area (Å²) in [6, 6.07) is 14.5. The molecule has 0 aliphatic heterocycles. The number of carbonyl (C=O) groups excluding carboxylic acids is 2. The highest BCUT2D eigenvalue weighted by atomic mass is 32.2. The molecule has 2 aromatic carbocycles. The summed E-state index contributed by atoms with van der Waals surface area (Å²) >= 11 is 2.65. The van der Waals surface area contributed by atoms with Gasteiger partial charge in [-0.25, -0.2) is 0 Å². The van der Waals surface area contributed by atoms with E-state index in [0.717, 1.165) is 5.69 Å². The van der Waals surface area contributed by atoms with E-state index in [2.05, 4.69) is 26.1 Å². The molecule has 0 radical (unpaired) electrons. The van der Waals surface area contributed by atoms with Crippen LogP contribution in [0.2, 0.25) is 0 Å². The molecule has 0 aliphatic carbocycles. The number of nitrogens with zero attached hydrogens (tertiary/aromatic N) is 2. The van der Waals surface area contributed by atoms with E-state index in [1.54, 1.807) is 31.4 Å². The molecule has 0 saturated carbocycles. The Bertz CT molecular complexity index is 1010. The van der Waals surface area contributed by atoms with Gasteiger partial charge < -0.3 is 20.7 Å². The maximum absolute atomic E-state index is 12.1. The molecular weight excluding hydrogens is 410 g/mol. The summed E-state index contributed by atoms with van der Waals surface area (Å²) in [7, 11) is 1.58. The Morgan fingerprint density at radius 2 is 1.76 bits per heavy atom. The van der Waals surface area contributed by atoms with E-state index in [1.807, 2.05) is 24.3 Å². The molecule has 10 heteroatoms.